The molecular weight excluding hydrogens is 304 g/mol. The summed E-state index contributed by atoms with van der Waals surface area (Å²) in [5.74, 6) is -0.335. The summed E-state index contributed by atoms with van der Waals surface area (Å²) < 4.78 is 7.27. The highest BCUT2D eigenvalue weighted by Crippen LogP contribution is 2.36. The van der Waals surface area contributed by atoms with Crippen LogP contribution in [0.5, 0.6) is 0 Å². The molecule has 1 aliphatic rings. The molecule has 128 valence electrons. The Balaban J connectivity index is 2.14. The number of nitrogens with zero attached hydrogens (tertiary/aromatic N) is 2. The molecule has 0 atom stereocenters. The minimum Gasteiger partial charge on any atom is -0.456 e. The number of carbonyl (C=O) groups excluding carboxylic acids is 1. The summed E-state index contributed by atoms with van der Waals surface area (Å²) in [7, 11) is 0. The van der Waals surface area contributed by atoms with E-state index in [0.717, 1.165) is 18.4 Å². The molecule has 5 nitrogen and oxygen atoms in total. The third-order valence-corrected chi connectivity index (χ3v) is 4.01. The number of ether oxygens (including phenoxy) is 1. The molecule has 1 heterocycles. The van der Waals surface area contributed by atoms with E-state index in [4.69, 9.17) is 4.74 Å². The van der Waals surface area contributed by atoms with E-state index < -0.39 is 5.60 Å². The van der Waals surface area contributed by atoms with Crippen molar-refractivity contribution in [3.63, 3.8) is 0 Å². The van der Waals surface area contributed by atoms with Crippen molar-refractivity contribution in [1.29, 1.82) is 0 Å². The van der Waals surface area contributed by atoms with Crippen molar-refractivity contribution in [1.82, 2.24) is 9.55 Å². The molecule has 5 heteroatoms. The van der Waals surface area contributed by atoms with Gasteiger partial charge in [0.1, 0.15) is 11.3 Å². The maximum Gasteiger partial charge on any atom is 0.338 e. The van der Waals surface area contributed by atoms with E-state index in [1.54, 1.807) is 12.1 Å². The second kappa shape index (κ2) is 5.72. The predicted molar refractivity (Wildman–Crippen MR) is 93.5 cm³/mol. The summed E-state index contributed by atoms with van der Waals surface area (Å²) in [5.41, 5.74) is 1.92. The Morgan fingerprint density at radius 1 is 1.29 bits per heavy atom. The van der Waals surface area contributed by atoms with Gasteiger partial charge < -0.3 is 9.30 Å². The van der Waals surface area contributed by atoms with Gasteiger partial charge in [0.05, 0.1) is 16.6 Å². The molecule has 0 bridgehead atoms. The first-order valence-corrected chi connectivity index (χ1v) is 8.47. The number of rotatable bonds is 3. The van der Waals surface area contributed by atoms with Gasteiger partial charge in [-0.15, -0.1) is 0 Å². The lowest BCUT2D eigenvalue weighted by atomic mass is 10.1. The second-order valence-electron chi connectivity index (χ2n) is 7.76. The Kier molecular flexibility index (Phi) is 3.98. The van der Waals surface area contributed by atoms with Crippen LogP contribution in [0.2, 0.25) is 0 Å². The van der Waals surface area contributed by atoms with Gasteiger partial charge in [0.2, 0.25) is 0 Å². The zero-order valence-electron chi connectivity index (χ0n) is 14.9. The standard InChI is InChI=1S/C19H24N2O3/c1-11(2)16-17(22)21(13-7-8-13)15-9-6-12(10-14(15)20-16)18(23)24-19(3,4)5/h6,9-11,13H,7-8H2,1-5H3. The molecule has 1 aromatic heterocycles. The number of hydrogen-bond donors (Lipinski definition) is 0. The Labute approximate surface area is 141 Å². The molecule has 0 spiro atoms. The highest BCUT2D eigenvalue weighted by Gasteiger charge is 2.28. The number of carbonyl (C=O) groups is 1. The average molecular weight is 328 g/mol. The molecule has 0 amide bonds. The summed E-state index contributed by atoms with van der Waals surface area (Å²) in [6.07, 6.45) is 2.04. The fourth-order valence-corrected chi connectivity index (χ4v) is 2.76. The lowest BCUT2D eigenvalue weighted by Crippen LogP contribution is -2.26. The van der Waals surface area contributed by atoms with Crippen LogP contribution in [0.3, 0.4) is 0 Å². The first kappa shape index (κ1) is 16.7. The molecule has 1 saturated carbocycles. The Morgan fingerprint density at radius 2 is 1.96 bits per heavy atom. The van der Waals surface area contributed by atoms with Crippen LogP contribution in [0.15, 0.2) is 23.0 Å². The van der Waals surface area contributed by atoms with Gasteiger partial charge in [-0.3, -0.25) is 4.79 Å². The maximum absolute atomic E-state index is 12.7. The molecule has 0 aliphatic heterocycles. The van der Waals surface area contributed by atoms with Gasteiger partial charge in [-0.25, -0.2) is 9.78 Å². The Morgan fingerprint density at radius 3 is 2.50 bits per heavy atom. The highest BCUT2D eigenvalue weighted by atomic mass is 16.6. The SMILES string of the molecule is CC(C)c1nc2cc(C(=O)OC(C)(C)C)ccc2n(C2CC2)c1=O. The average Bonchev–Trinajstić information content (AvgIpc) is 3.28. The van der Waals surface area contributed by atoms with Crippen LogP contribution in [-0.2, 0) is 4.74 Å². The van der Waals surface area contributed by atoms with E-state index >= 15 is 0 Å². The molecule has 1 aliphatic carbocycles. The fourth-order valence-electron chi connectivity index (χ4n) is 2.76. The van der Waals surface area contributed by atoms with E-state index in [-0.39, 0.29) is 23.5 Å². The maximum atomic E-state index is 12.7. The normalized spacial score (nSPS) is 15.1. The van der Waals surface area contributed by atoms with E-state index in [9.17, 15) is 9.59 Å². The van der Waals surface area contributed by atoms with E-state index in [0.29, 0.717) is 16.8 Å². The van der Waals surface area contributed by atoms with Gasteiger partial charge in [0, 0.05) is 12.0 Å². The predicted octanol–water partition coefficient (Wildman–Crippen LogP) is 3.81. The van der Waals surface area contributed by atoms with Gasteiger partial charge in [-0.1, -0.05) is 13.8 Å². The molecule has 1 aromatic carbocycles. The quantitative estimate of drug-likeness (QED) is 0.804. The third kappa shape index (κ3) is 3.21. The monoisotopic (exact) mass is 328 g/mol. The van der Waals surface area contributed by atoms with Crippen molar-refractivity contribution in [2.24, 2.45) is 0 Å². The lowest BCUT2D eigenvalue weighted by molar-refractivity contribution is 0.00697. The molecule has 0 N–H and O–H groups in total. The molecule has 2 aromatic rings. The second-order valence-corrected chi connectivity index (χ2v) is 7.76. The van der Waals surface area contributed by atoms with Crippen LogP contribution < -0.4 is 5.56 Å². The fraction of sp³-hybridized carbons (Fsp3) is 0.526. The van der Waals surface area contributed by atoms with E-state index in [1.165, 1.54) is 0 Å². The first-order chi connectivity index (χ1) is 11.2. The molecule has 24 heavy (non-hydrogen) atoms. The smallest absolute Gasteiger partial charge is 0.338 e. The Hall–Kier alpha value is -2.17. The Bertz CT molecular complexity index is 855. The minimum atomic E-state index is -0.546. The van der Waals surface area contributed by atoms with Crippen LogP contribution in [0.25, 0.3) is 11.0 Å². The number of hydrogen-bond acceptors (Lipinski definition) is 4. The van der Waals surface area contributed by atoms with Gasteiger partial charge in [-0.2, -0.15) is 0 Å². The topological polar surface area (TPSA) is 61.2 Å². The summed E-state index contributed by atoms with van der Waals surface area (Å²) >= 11 is 0. The van der Waals surface area contributed by atoms with Crippen molar-refractivity contribution in [3.8, 4) is 0 Å². The van der Waals surface area contributed by atoms with E-state index in [1.807, 2.05) is 45.3 Å². The van der Waals surface area contributed by atoms with Gasteiger partial charge in [-0.05, 0) is 51.8 Å². The summed E-state index contributed by atoms with van der Waals surface area (Å²) in [6.45, 7) is 9.44. The summed E-state index contributed by atoms with van der Waals surface area (Å²) in [5, 5.41) is 0. The third-order valence-electron chi connectivity index (χ3n) is 4.01. The summed E-state index contributed by atoms with van der Waals surface area (Å²) in [6, 6.07) is 5.51. The molecule has 0 radical (unpaired) electrons. The molecule has 3 rings (SSSR count). The zero-order valence-corrected chi connectivity index (χ0v) is 14.9. The molecule has 1 fully saturated rings. The molecular formula is C19H24N2O3. The first-order valence-electron chi connectivity index (χ1n) is 8.47. The van der Waals surface area contributed by atoms with Gasteiger partial charge >= 0.3 is 5.97 Å². The number of benzene rings is 1. The van der Waals surface area contributed by atoms with E-state index in [2.05, 4.69) is 4.98 Å². The molecule has 0 saturated heterocycles. The van der Waals surface area contributed by atoms with Crippen molar-refractivity contribution in [2.45, 2.75) is 65.0 Å². The van der Waals surface area contributed by atoms with Crippen molar-refractivity contribution in [2.75, 3.05) is 0 Å². The minimum absolute atomic E-state index is 0.00924. The van der Waals surface area contributed by atoms with Crippen molar-refractivity contribution in [3.05, 3.63) is 39.8 Å². The van der Waals surface area contributed by atoms with Gasteiger partial charge in [0.25, 0.3) is 5.56 Å². The van der Waals surface area contributed by atoms with Crippen LogP contribution in [0.1, 0.15) is 75.5 Å². The summed E-state index contributed by atoms with van der Waals surface area (Å²) in [4.78, 5) is 29.6. The highest BCUT2D eigenvalue weighted by molar-refractivity contribution is 5.93. The van der Waals surface area contributed by atoms with Crippen molar-refractivity contribution < 1.29 is 9.53 Å². The zero-order chi connectivity index (χ0) is 17.6. The lowest BCUT2D eigenvalue weighted by Gasteiger charge is -2.20. The van der Waals surface area contributed by atoms with Crippen LogP contribution in [0, 0.1) is 0 Å². The van der Waals surface area contributed by atoms with Crippen molar-refractivity contribution >= 4 is 17.0 Å². The molecule has 0 unspecified atom stereocenters. The van der Waals surface area contributed by atoms with Crippen LogP contribution >= 0.6 is 0 Å². The number of fused-ring (bicyclic) bond motifs is 1. The van der Waals surface area contributed by atoms with Crippen LogP contribution in [-0.4, -0.2) is 21.1 Å². The largest absolute Gasteiger partial charge is 0.456 e. The van der Waals surface area contributed by atoms with Crippen LogP contribution in [0.4, 0.5) is 0 Å². The number of esters is 1. The number of aromatic nitrogens is 2. The van der Waals surface area contributed by atoms with Gasteiger partial charge in [0.15, 0.2) is 0 Å².